The number of rotatable bonds is 7. The second-order valence-corrected chi connectivity index (χ2v) is 6.43. The maximum Gasteiger partial charge on any atom is 0.308 e. The van der Waals surface area contributed by atoms with Crippen molar-refractivity contribution in [2.24, 2.45) is 0 Å². The number of nitrogens with zero attached hydrogens (tertiary/aromatic N) is 2. The molecule has 148 valence electrons. The first kappa shape index (κ1) is 20.2. The van der Waals surface area contributed by atoms with Gasteiger partial charge in [0.25, 0.3) is 5.56 Å². The molecule has 6 heteroatoms. The Hall–Kier alpha value is -3.59. The highest BCUT2D eigenvalue weighted by atomic mass is 16.5. The molecule has 1 heterocycles. The number of carbonyl (C=O) groups excluding carboxylic acids is 1. The Morgan fingerprint density at radius 2 is 1.93 bits per heavy atom. The van der Waals surface area contributed by atoms with Crippen LogP contribution < -0.4 is 10.3 Å². The fraction of sp³-hybridized carbons (Fsp3) is 0.261. The number of aromatic nitrogens is 2. The summed E-state index contributed by atoms with van der Waals surface area (Å²) in [4.78, 5) is 28.9. The van der Waals surface area contributed by atoms with Gasteiger partial charge in [0.15, 0.2) is 0 Å². The molecule has 6 nitrogen and oxygen atoms in total. The van der Waals surface area contributed by atoms with Crippen LogP contribution in [0.1, 0.15) is 31.9 Å². The van der Waals surface area contributed by atoms with E-state index in [0.717, 1.165) is 5.56 Å². The molecule has 0 radical (unpaired) electrons. The van der Waals surface area contributed by atoms with Crippen molar-refractivity contribution in [1.82, 2.24) is 9.55 Å². The first-order valence-corrected chi connectivity index (χ1v) is 9.34. The molecule has 3 aromatic rings. The minimum atomic E-state index is -0.404. The molecule has 1 aromatic heterocycles. The van der Waals surface area contributed by atoms with E-state index in [4.69, 9.17) is 9.47 Å². The molecule has 0 bridgehead atoms. The van der Waals surface area contributed by atoms with Crippen molar-refractivity contribution in [3.05, 3.63) is 70.8 Å². The normalized spacial score (nSPS) is 11.4. The van der Waals surface area contributed by atoms with Crippen LogP contribution >= 0.6 is 0 Å². The highest BCUT2D eigenvalue weighted by molar-refractivity contribution is 5.77. The van der Waals surface area contributed by atoms with Crippen molar-refractivity contribution in [2.75, 3.05) is 6.61 Å². The predicted octanol–water partition coefficient (Wildman–Crippen LogP) is 3.49. The molecule has 0 saturated heterocycles. The van der Waals surface area contributed by atoms with E-state index in [2.05, 4.69) is 16.8 Å². The molecule has 0 fully saturated rings. The number of para-hydroxylation sites is 1. The Kier molecular flexibility index (Phi) is 6.64. The molecule has 29 heavy (non-hydrogen) atoms. The molecule has 0 spiro atoms. The first-order valence-electron chi connectivity index (χ1n) is 9.34. The third-order valence-corrected chi connectivity index (χ3v) is 4.43. The van der Waals surface area contributed by atoms with E-state index < -0.39 is 6.10 Å². The van der Waals surface area contributed by atoms with Gasteiger partial charge in [-0.25, -0.2) is 4.98 Å². The average Bonchev–Trinajstić information content (AvgIpc) is 2.74. The number of ether oxygens (including phenoxy) is 2. The quantitative estimate of drug-likeness (QED) is 0.456. The van der Waals surface area contributed by atoms with E-state index in [1.54, 1.807) is 32.0 Å². The van der Waals surface area contributed by atoms with Crippen LogP contribution in [-0.2, 0) is 16.1 Å². The summed E-state index contributed by atoms with van der Waals surface area (Å²) in [6.07, 6.45) is 1.14. The van der Waals surface area contributed by atoms with Gasteiger partial charge < -0.3 is 9.47 Å². The van der Waals surface area contributed by atoms with Crippen LogP contribution in [0.4, 0.5) is 0 Å². The molecule has 0 unspecified atom stereocenters. The van der Waals surface area contributed by atoms with Crippen LogP contribution in [-0.4, -0.2) is 22.1 Å². The van der Waals surface area contributed by atoms with Crippen LogP contribution in [0.15, 0.2) is 59.7 Å². The van der Waals surface area contributed by atoms with Crippen LogP contribution in [0.2, 0.25) is 0 Å². The summed E-state index contributed by atoms with van der Waals surface area (Å²) in [6, 6.07) is 14.5. The van der Waals surface area contributed by atoms with Gasteiger partial charge in [-0.3, -0.25) is 14.2 Å². The molecule has 2 aromatic carbocycles. The standard InChI is InChI=1S/C23H22N2O4/c1-3-4-15-28-19-11-9-18(10-12-19)17(2)29-22(26)13-14-25-16-24-21-8-6-5-7-20(21)23(25)27/h5-12,16-17H,13-15H2,1-2H3/t17-/m0/s1. The first-order chi connectivity index (χ1) is 14.1. The predicted molar refractivity (Wildman–Crippen MR) is 111 cm³/mol. The van der Waals surface area contributed by atoms with Crippen LogP contribution in [0.3, 0.4) is 0 Å². The summed E-state index contributed by atoms with van der Waals surface area (Å²) in [5.41, 5.74) is 1.33. The third-order valence-electron chi connectivity index (χ3n) is 4.43. The van der Waals surface area contributed by atoms with E-state index in [-0.39, 0.29) is 24.5 Å². The van der Waals surface area contributed by atoms with Crippen molar-refractivity contribution >= 4 is 16.9 Å². The van der Waals surface area contributed by atoms with Crippen molar-refractivity contribution in [3.8, 4) is 17.6 Å². The van der Waals surface area contributed by atoms with Gasteiger partial charge in [-0.15, -0.1) is 5.92 Å². The number of hydrogen-bond donors (Lipinski definition) is 0. The highest BCUT2D eigenvalue weighted by Crippen LogP contribution is 2.21. The monoisotopic (exact) mass is 390 g/mol. The van der Waals surface area contributed by atoms with Crippen LogP contribution in [0.5, 0.6) is 5.75 Å². The molecule has 1 atom stereocenters. The highest BCUT2D eigenvalue weighted by Gasteiger charge is 2.13. The molecule has 0 N–H and O–H groups in total. The van der Waals surface area contributed by atoms with E-state index in [9.17, 15) is 9.59 Å². The average molecular weight is 390 g/mol. The zero-order valence-corrected chi connectivity index (χ0v) is 16.4. The number of hydrogen-bond acceptors (Lipinski definition) is 5. The number of carbonyl (C=O) groups is 1. The summed E-state index contributed by atoms with van der Waals surface area (Å²) in [5.74, 6) is 5.93. The number of esters is 1. The van der Waals surface area contributed by atoms with Gasteiger partial charge in [0.1, 0.15) is 18.5 Å². The van der Waals surface area contributed by atoms with Crippen LogP contribution in [0.25, 0.3) is 10.9 Å². The zero-order valence-electron chi connectivity index (χ0n) is 16.4. The summed E-state index contributed by atoms with van der Waals surface area (Å²) in [5, 5.41) is 0.531. The third kappa shape index (κ3) is 5.23. The molecule has 0 amide bonds. The van der Waals surface area contributed by atoms with Crippen molar-refractivity contribution in [3.63, 3.8) is 0 Å². The van der Waals surface area contributed by atoms with E-state index >= 15 is 0 Å². The van der Waals surface area contributed by atoms with Crippen molar-refractivity contribution in [2.45, 2.75) is 32.9 Å². The van der Waals surface area contributed by atoms with Gasteiger partial charge in [-0.1, -0.05) is 30.2 Å². The van der Waals surface area contributed by atoms with E-state index in [0.29, 0.717) is 23.3 Å². The molecule has 3 rings (SSSR count). The van der Waals surface area contributed by atoms with E-state index in [1.165, 1.54) is 10.9 Å². The van der Waals surface area contributed by atoms with Gasteiger partial charge in [0.2, 0.25) is 0 Å². The van der Waals surface area contributed by atoms with Gasteiger partial charge in [0.05, 0.1) is 23.7 Å². The van der Waals surface area contributed by atoms with Crippen LogP contribution in [0, 0.1) is 11.8 Å². The Morgan fingerprint density at radius 3 is 2.69 bits per heavy atom. The molecular weight excluding hydrogens is 368 g/mol. The fourth-order valence-corrected chi connectivity index (χ4v) is 2.83. The fourth-order valence-electron chi connectivity index (χ4n) is 2.83. The zero-order chi connectivity index (χ0) is 20.6. The van der Waals surface area contributed by atoms with Gasteiger partial charge in [0, 0.05) is 6.54 Å². The lowest BCUT2D eigenvalue weighted by molar-refractivity contribution is -0.148. The smallest absolute Gasteiger partial charge is 0.308 e. The second-order valence-electron chi connectivity index (χ2n) is 6.43. The van der Waals surface area contributed by atoms with Crippen molar-refractivity contribution < 1.29 is 14.3 Å². The number of fused-ring (bicyclic) bond motifs is 1. The molecule has 0 saturated carbocycles. The Labute approximate surface area is 169 Å². The largest absolute Gasteiger partial charge is 0.481 e. The van der Waals surface area contributed by atoms with Gasteiger partial charge in [-0.05, 0) is 43.7 Å². The molecule has 0 aliphatic heterocycles. The topological polar surface area (TPSA) is 70.4 Å². The Balaban J connectivity index is 1.55. The van der Waals surface area contributed by atoms with E-state index in [1.807, 2.05) is 30.3 Å². The SMILES string of the molecule is CC#CCOc1ccc([C@H](C)OC(=O)CCn2cnc3ccccc3c2=O)cc1. The lowest BCUT2D eigenvalue weighted by atomic mass is 10.1. The Bertz CT molecular complexity index is 1110. The van der Waals surface area contributed by atoms with Crippen molar-refractivity contribution in [1.29, 1.82) is 0 Å². The Morgan fingerprint density at radius 1 is 1.17 bits per heavy atom. The lowest BCUT2D eigenvalue weighted by Crippen LogP contribution is -2.22. The molecule has 0 aliphatic carbocycles. The molecule has 0 aliphatic rings. The molecular formula is C23H22N2O4. The lowest BCUT2D eigenvalue weighted by Gasteiger charge is -2.14. The number of benzene rings is 2. The summed E-state index contributed by atoms with van der Waals surface area (Å²) >= 11 is 0. The number of aryl methyl sites for hydroxylation is 1. The minimum Gasteiger partial charge on any atom is -0.481 e. The minimum absolute atomic E-state index is 0.0845. The second kappa shape index (κ2) is 9.56. The van der Waals surface area contributed by atoms with Gasteiger partial charge >= 0.3 is 5.97 Å². The maximum atomic E-state index is 12.5. The summed E-state index contributed by atoms with van der Waals surface area (Å²) in [7, 11) is 0. The van der Waals surface area contributed by atoms with Gasteiger partial charge in [-0.2, -0.15) is 0 Å². The summed E-state index contributed by atoms with van der Waals surface area (Å²) in [6.45, 7) is 4.12. The maximum absolute atomic E-state index is 12.5. The summed E-state index contributed by atoms with van der Waals surface area (Å²) < 4.78 is 12.4.